The number of aliphatic hydroxyl groups is 1. The number of hydrogen-bond acceptors (Lipinski definition) is 3. The summed E-state index contributed by atoms with van der Waals surface area (Å²) < 4.78 is 1.25. The Balaban J connectivity index is 2.43. The fourth-order valence-electron chi connectivity index (χ4n) is 2.54. The summed E-state index contributed by atoms with van der Waals surface area (Å²) in [5.41, 5.74) is 0. The Labute approximate surface area is 109 Å². The Morgan fingerprint density at radius 3 is 2.82 bits per heavy atom. The molecule has 0 saturated heterocycles. The van der Waals surface area contributed by atoms with Crippen LogP contribution in [0.3, 0.4) is 0 Å². The van der Waals surface area contributed by atoms with Crippen LogP contribution in [0.1, 0.15) is 45.4 Å². The molecule has 0 spiro atoms. The third kappa shape index (κ3) is 4.76. The first-order valence-electron chi connectivity index (χ1n) is 6.56. The SMILES string of the molecule is CCCC1CCCCC1NC(=O)N(S)CCO. The average Bonchev–Trinajstić information content (AvgIpc) is 2.32. The van der Waals surface area contributed by atoms with Crippen molar-refractivity contribution in [2.24, 2.45) is 5.92 Å². The molecule has 5 heteroatoms. The summed E-state index contributed by atoms with van der Waals surface area (Å²) in [5.74, 6) is 0.605. The Hall–Kier alpha value is -0.420. The van der Waals surface area contributed by atoms with Gasteiger partial charge in [-0.2, -0.15) is 0 Å². The lowest BCUT2D eigenvalue weighted by molar-refractivity contribution is 0.193. The van der Waals surface area contributed by atoms with Crippen molar-refractivity contribution in [3.8, 4) is 0 Å². The lowest BCUT2D eigenvalue weighted by atomic mass is 9.82. The van der Waals surface area contributed by atoms with Crippen LogP contribution < -0.4 is 5.32 Å². The molecule has 0 aromatic rings. The van der Waals surface area contributed by atoms with Crippen LogP contribution in [0, 0.1) is 5.92 Å². The van der Waals surface area contributed by atoms with Crippen molar-refractivity contribution in [3.05, 3.63) is 0 Å². The molecular weight excluding hydrogens is 236 g/mol. The number of carbonyl (C=O) groups is 1. The third-order valence-electron chi connectivity index (χ3n) is 3.42. The van der Waals surface area contributed by atoms with Crippen LogP contribution in [0.4, 0.5) is 4.79 Å². The lowest BCUT2D eigenvalue weighted by Gasteiger charge is -2.33. The van der Waals surface area contributed by atoms with Crippen LogP contribution in [-0.4, -0.2) is 34.6 Å². The van der Waals surface area contributed by atoms with E-state index < -0.39 is 0 Å². The van der Waals surface area contributed by atoms with Crippen LogP contribution >= 0.6 is 12.8 Å². The minimum atomic E-state index is -0.185. The topological polar surface area (TPSA) is 52.6 Å². The molecule has 2 amide bonds. The van der Waals surface area contributed by atoms with Gasteiger partial charge in [0.1, 0.15) is 0 Å². The van der Waals surface area contributed by atoms with E-state index >= 15 is 0 Å². The molecule has 1 rings (SSSR count). The van der Waals surface area contributed by atoms with Crippen LogP contribution in [0.25, 0.3) is 0 Å². The number of nitrogens with one attached hydrogen (secondary N) is 1. The molecule has 1 saturated carbocycles. The second kappa shape index (κ2) is 7.82. The zero-order chi connectivity index (χ0) is 12.7. The summed E-state index contributed by atoms with van der Waals surface area (Å²) in [7, 11) is 0. The largest absolute Gasteiger partial charge is 0.394 e. The van der Waals surface area contributed by atoms with E-state index in [-0.39, 0.29) is 25.2 Å². The summed E-state index contributed by atoms with van der Waals surface area (Å²) >= 11 is 4.05. The number of carbonyl (C=O) groups excluding carboxylic acids is 1. The zero-order valence-corrected chi connectivity index (χ0v) is 11.5. The van der Waals surface area contributed by atoms with Gasteiger partial charge in [0.25, 0.3) is 0 Å². The molecule has 0 radical (unpaired) electrons. The van der Waals surface area contributed by atoms with Crippen LogP contribution in [-0.2, 0) is 0 Å². The van der Waals surface area contributed by atoms with E-state index in [1.807, 2.05) is 0 Å². The summed E-state index contributed by atoms with van der Waals surface area (Å²) in [6, 6.07) is 0.0972. The first kappa shape index (κ1) is 14.6. The highest BCUT2D eigenvalue weighted by atomic mass is 32.1. The Morgan fingerprint density at radius 1 is 1.47 bits per heavy atom. The van der Waals surface area contributed by atoms with Crippen LogP contribution in [0.2, 0.25) is 0 Å². The highest BCUT2D eigenvalue weighted by Crippen LogP contribution is 2.28. The predicted octanol–water partition coefficient (Wildman–Crippen LogP) is 2.19. The molecule has 1 aliphatic carbocycles. The lowest BCUT2D eigenvalue weighted by Crippen LogP contribution is -2.46. The third-order valence-corrected chi connectivity index (χ3v) is 3.81. The van der Waals surface area contributed by atoms with Crippen molar-refractivity contribution in [2.45, 2.75) is 51.5 Å². The molecule has 0 heterocycles. The van der Waals surface area contributed by atoms with Crippen molar-refractivity contribution in [1.29, 1.82) is 0 Å². The number of hydrogen-bond donors (Lipinski definition) is 3. The van der Waals surface area contributed by atoms with E-state index in [1.165, 1.54) is 30.0 Å². The Bertz CT molecular complexity index is 237. The van der Waals surface area contributed by atoms with Crippen LogP contribution in [0.15, 0.2) is 0 Å². The molecule has 1 aliphatic rings. The van der Waals surface area contributed by atoms with Gasteiger partial charge >= 0.3 is 6.03 Å². The van der Waals surface area contributed by atoms with Crippen molar-refractivity contribution >= 4 is 18.8 Å². The highest BCUT2D eigenvalue weighted by molar-refractivity contribution is 7.78. The molecule has 2 N–H and O–H groups in total. The maximum atomic E-state index is 11.8. The Morgan fingerprint density at radius 2 is 2.18 bits per heavy atom. The van der Waals surface area contributed by atoms with E-state index in [4.69, 9.17) is 5.11 Å². The molecule has 100 valence electrons. The van der Waals surface area contributed by atoms with Gasteiger partial charge in [-0.05, 0) is 25.2 Å². The van der Waals surface area contributed by atoms with Gasteiger partial charge in [0.15, 0.2) is 0 Å². The van der Waals surface area contributed by atoms with Gasteiger partial charge in [-0.25, -0.2) is 4.79 Å². The van der Waals surface area contributed by atoms with Gasteiger partial charge in [0, 0.05) is 6.04 Å². The Kier molecular flexibility index (Phi) is 6.73. The predicted molar refractivity (Wildman–Crippen MR) is 72.0 cm³/mol. The zero-order valence-electron chi connectivity index (χ0n) is 10.6. The summed E-state index contributed by atoms with van der Waals surface area (Å²) in [5, 5.41) is 11.8. The van der Waals surface area contributed by atoms with E-state index in [0.717, 1.165) is 12.8 Å². The van der Waals surface area contributed by atoms with Gasteiger partial charge in [-0.1, -0.05) is 39.0 Å². The van der Waals surface area contributed by atoms with Gasteiger partial charge in [0.2, 0.25) is 0 Å². The van der Waals surface area contributed by atoms with E-state index in [2.05, 4.69) is 25.1 Å². The molecule has 0 aromatic carbocycles. The summed E-state index contributed by atoms with van der Waals surface area (Å²) in [6.07, 6.45) is 7.09. The number of thiol groups is 1. The first-order chi connectivity index (χ1) is 8.19. The minimum Gasteiger partial charge on any atom is -0.394 e. The van der Waals surface area contributed by atoms with Crippen molar-refractivity contribution in [1.82, 2.24) is 9.62 Å². The van der Waals surface area contributed by atoms with E-state index in [1.54, 1.807) is 0 Å². The number of nitrogens with zero attached hydrogens (tertiary/aromatic N) is 1. The summed E-state index contributed by atoms with van der Waals surface area (Å²) in [4.78, 5) is 11.8. The van der Waals surface area contributed by atoms with E-state index in [9.17, 15) is 4.79 Å². The molecule has 0 aliphatic heterocycles. The standard InChI is InChI=1S/C12H24N2O2S/c1-2-5-10-6-3-4-7-11(10)13-12(16)14(17)8-9-15/h10-11,15,17H,2-9H2,1H3,(H,13,16). The molecule has 4 nitrogen and oxygen atoms in total. The monoisotopic (exact) mass is 260 g/mol. The van der Waals surface area contributed by atoms with Crippen molar-refractivity contribution < 1.29 is 9.90 Å². The molecular formula is C12H24N2O2S. The maximum Gasteiger partial charge on any atom is 0.327 e. The molecule has 2 unspecified atom stereocenters. The maximum absolute atomic E-state index is 11.8. The number of aliphatic hydroxyl groups excluding tert-OH is 1. The smallest absolute Gasteiger partial charge is 0.327 e. The highest BCUT2D eigenvalue weighted by Gasteiger charge is 2.26. The molecule has 1 fully saturated rings. The van der Waals surface area contributed by atoms with Gasteiger partial charge in [-0.15, -0.1) is 0 Å². The molecule has 17 heavy (non-hydrogen) atoms. The van der Waals surface area contributed by atoms with Crippen molar-refractivity contribution in [2.75, 3.05) is 13.2 Å². The minimum absolute atomic E-state index is 0.0556. The quantitative estimate of drug-likeness (QED) is 0.664. The number of amides is 2. The molecule has 0 aromatic heterocycles. The number of rotatable bonds is 5. The number of urea groups is 1. The normalized spacial score (nSPS) is 24.4. The first-order valence-corrected chi connectivity index (χ1v) is 6.96. The van der Waals surface area contributed by atoms with E-state index in [0.29, 0.717) is 5.92 Å². The average molecular weight is 260 g/mol. The molecule has 0 bridgehead atoms. The van der Waals surface area contributed by atoms with Gasteiger partial charge < -0.3 is 10.4 Å². The fraction of sp³-hybridized carbons (Fsp3) is 0.917. The molecule has 2 atom stereocenters. The summed E-state index contributed by atoms with van der Waals surface area (Å²) in [6.45, 7) is 2.39. The fourth-order valence-corrected chi connectivity index (χ4v) is 2.69. The van der Waals surface area contributed by atoms with Gasteiger partial charge in [-0.3, -0.25) is 4.31 Å². The van der Waals surface area contributed by atoms with Gasteiger partial charge in [0.05, 0.1) is 13.2 Å². The van der Waals surface area contributed by atoms with Crippen molar-refractivity contribution in [3.63, 3.8) is 0 Å². The second-order valence-corrected chi connectivity index (χ2v) is 5.22. The van der Waals surface area contributed by atoms with Crippen LogP contribution in [0.5, 0.6) is 0 Å². The second-order valence-electron chi connectivity index (χ2n) is 4.74.